The van der Waals surface area contributed by atoms with Gasteiger partial charge in [0.15, 0.2) is 0 Å². The van der Waals surface area contributed by atoms with Crippen molar-refractivity contribution in [3.63, 3.8) is 0 Å². The number of aliphatic hydroxyl groups excluding tert-OH is 1. The molecule has 2 aromatic rings. The van der Waals surface area contributed by atoms with E-state index in [-0.39, 0.29) is 24.5 Å². The number of hydrogen-bond acceptors (Lipinski definition) is 4. The Kier molecular flexibility index (Phi) is 3.16. The topological polar surface area (TPSA) is 79.5 Å². The third-order valence-electron chi connectivity index (χ3n) is 3.78. The molecule has 0 aliphatic heterocycles. The Bertz CT molecular complexity index is 595. The molecule has 19 heavy (non-hydrogen) atoms. The Labute approximate surface area is 110 Å². The van der Waals surface area contributed by atoms with Gasteiger partial charge >= 0.3 is 0 Å². The van der Waals surface area contributed by atoms with Gasteiger partial charge in [-0.3, -0.25) is 9.78 Å². The number of nitrogens with one attached hydrogen (secondary N) is 1. The van der Waals surface area contributed by atoms with Crippen LogP contribution in [-0.4, -0.2) is 38.3 Å². The molecule has 1 aliphatic carbocycles. The highest BCUT2D eigenvalue weighted by atomic mass is 16.3. The van der Waals surface area contributed by atoms with Gasteiger partial charge in [-0.1, -0.05) is 6.42 Å². The Morgan fingerprint density at radius 1 is 1.47 bits per heavy atom. The minimum atomic E-state index is -0.145. The van der Waals surface area contributed by atoms with E-state index in [4.69, 9.17) is 0 Å². The fourth-order valence-corrected chi connectivity index (χ4v) is 2.70. The molecule has 2 unspecified atom stereocenters. The molecule has 2 aromatic heterocycles. The molecule has 0 aromatic carbocycles. The van der Waals surface area contributed by atoms with Gasteiger partial charge in [0.25, 0.3) is 5.91 Å². The molecule has 100 valence electrons. The van der Waals surface area contributed by atoms with Gasteiger partial charge in [0, 0.05) is 31.0 Å². The van der Waals surface area contributed by atoms with Crippen LogP contribution in [0.25, 0.3) is 5.52 Å². The maximum Gasteiger partial charge on any atom is 0.255 e. The fourth-order valence-electron chi connectivity index (χ4n) is 2.70. The zero-order valence-electron chi connectivity index (χ0n) is 10.5. The van der Waals surface area contributed by atoms with E-state index < -0.39 is 0 Å². The number of nitrogens with zero attached hydrogens (tertiary/aromatic N) is 3. The summed E-state index contributed by atoms with van der Waals surface area (Å²) in [6, 6.07) is 0.0594. The lowest BCUT2D eigenvalue weighted by molar-refractivity contribution is 0.0917. The highest BCUT2D eigenvalue weighted by molar-refractivity contribution is 6.00. The van der Waals surface area contributed by atoms with Crippen molar-refractivity contribution in [2.75, 3.05) is 6.61 Å². The van der Waals surface area contributed by atoms with Crippen LogP contribution in [0.4, 0.5) is 0 Å². The lowest BCUT2D eigenvalue weighted by Crippen LogP contribution is -2.38. The standard InChI is InChI=1S/C13H16N4O2/c18-8-9-2-1-3-11(9)16-13(19)10-6-15-17-5-4-14-7-12(10)17/h4-7,9,11,18H,1-3,8H2,(H,16,19). The van der Waals surface area contributed by atoms with Crippen LogP contribution >= 0.6 is 0 Å². The number of hydrogen-bond donors (Lipinski definition) is 2. The van der Waals surface area contributed by atoms with E-state index in [9.17, 15) is 9.90 Å². The summed E-state index contributed by atoms with van der Waals surface area (Å²) in [6.45, 7) is 0.126. The van der Waals surface area contributed by atoms with Crippen LogP contribution in [0.15, 0.2) is 24.8 Å². The second-order valence-corrected chi connectivity index (χ2v) is 4.92. The third kappa shape index (κ3) is 2.19. The number of rotatable bonds is 3. The van der Waals surface area contributed by atoms with Crippen molar-refractivity contribution in [3.05, 3.63) is 30.4 Å². The van der Waals surface area contributed by atoms with Crippen LogP contribution in [0, 0.1) is 5.92 Å². The zero-order valence-corrected chi connectivity index (χ0v) is 10.5. The molecule has 2 N–H and O–H groups in total. The molecule has 6 heteroatoms. The predicted molar refractivity (Wildman–Crippen MR) is 68.7 cm³/mol. The molecule has 0 spiro atoms. The Balaban J connectivity index is 1.80. The molecule has 2 heterocycles. The number of carbonyl (C=O) groups excluding carboxylic acids is 1. The molecule has 0 radical (unpaired) electrons. The van der Waals surface area contributed by atoms with E-state index in [1.54, 1.807) is 29.3 Å². The molecule has 1 saturated carbocycles. The van der Waals surface area contributed by atoms with Gasteiger partial charge < -0.3 is 10.4 Å². The average Bonchev–Trinajstić information content (AvgIpc) is 3.04. The van der Waals surface area contributed by atoms with Gasteiger partial charge in [0.1, 0.15) is 0 Å². The van der Waals surface area contributed by atoms with Crippen LogP contribution in [0.2, 0.25) is 0 Å². The van der Waals surface area contributed by atoms with Gasteiger partial charge in [0.05, 0.1) is 23.5 Å². The van der Waals surface area contributed by atoms with E-state index in [1.165, 1.54) is 0 Å². The van der Waals surface area contributed by atoms with E-state index in [1.807, 2.05) is 0 Å². The van der Waals surface area contributed by atoms with Gasteiger partial charge in [-0.2, -0.15) is 5.10 Å². The first-order chi connectivity index (χ1) is 9.29. The zero-order chi connectivity index (χ0) is 13.2. The van der Waals surface area contributed by atoms with Crippen molar-refractivity contribution in [3.8, 4) is 0 Å². The highest BCUT2D eigenvalue weighted by Crippen LogP contribution is 2.25. The summed E-state index contributed by atoms with van der Waals surface area (Å²) in [7, 11) is 0. The minimum Gasteiger partial charge on any atom is -0.396 e. The maximum atomic E-state index is 12.3. The second-order valence-electron chi connectivity index (χ2n) is 4.92. The van der Waals surface area contributed by atoms with Crippen molar-refractivity contribution in [2.45, 2.75) is 25.3 Å². The number of aliphatic hydroxyl groups is 1. The maximum absolute atomic E-state index is 12.3. The second kappa shape index (κ2) is 4.97. The number of aromatic nitrogens is 3. The lowest BCUT2D eigenvalue weighted by atomic mass is 10.0. The smallest absolute Gasteiger partial charge is 0.255 e. The molecule has 3 rings (SSSR count). The quantitative estimate of drug-likeness (QED) is 0.848. The van der Waals surface area contributed by atoms with E-state index in [0.29, 0.717) is 11.1 Å². The Morgan fingerprint density at radius 2 is 2.37 bits per heavy atom. The monoisotopic (exact) mass is 260 g/mol. The third-order valence-corrected chi connectivity index (χ3v) is 3.78. The molecule has 1 amide bonds. The molecule has 0 bridgehead atoms. The van der Waals surface area contributed by atoms with Crippen molar-refractivity contribution >= 4 is 11.4 Å². The first-order valence-corrected chi connectivity index (χ1v) is 6.48. The molecule has 1 aliphatic rings. The molecule has 0 saturated heterocycles. The summed E-state index contributed by atoms with van der Waals surface area (Å²) >= 11 is 0. The lowest BCUT2D eigenvalue weighted by Gasteiger charge is -2.18. The molecular formula is C13H16N4O2. The fraction of sp³-hybridized carbons (Fsp3) is 0.462. The molecule has 6 nitrogen and oxygen atoms in total. The summed E-state index contributed by atoms with van der Waals surface area (Å²) in [5, 5.41) is 16.4. The highest BCUT2D eigenvalue weighted by Gasteiger charge is 2.28. The van der Waals surface area contributed by atoms with E-state index in [2.05, 4.69) is 15.4 Å². The van der Waals surface area contributed by atoms with Crippen LogP contribution in [-0.2, 0) is 0 Å². The van der Waals surface area contributed by atoms with Crippen molar-refractivity contribution in [1.29, 1.82) is 0 Å². The van der Waals surface area contributed by atoms with E-state index >= 15 is 0 Å². The summed E-state index contributed by atoms with van der Waals surface area (Å²) in [5.41, 5.74) is 1.22. The predicted octanol–water partition coefficient (Wildman–Crippen LogP) is 0.620. The van der Waals surface area contributed by atoms with Gasteiger partial charge in [-0.05, 0) is 12.8 Å². The van der Waals surface area contributed by atoms with Crippen molar-refractivity contribution < 1.29 is 9.90 Å². The van der Waals surface area contributed by atoms with Gasteiger partial charge in [0.2, 0.25) is 0 Å². The molecule has 1 fully saturated rings. The van der Waals surface area contributed by atoms with Crippen molar-refractivity contribution in [1.82, 2.24) is 19.9 Å². The van der Waals surface area contributed by atoms with Crippen LogP contribution in [0.5, 0.6) is 0 Å². The Morgan fingerprint density at radius 3 is 3.21 bits per heavy atom. The van der Waals surface area contributed by atoms with Crippen LogP contribution < -0.4 is 5.32 Å². The van der Waals surface area contributed by atoms with Crippen molar-refractivity contribution in [2.24, 2.45) is 5.92 Å². The summed E-state index contributed by atoms with van der Waals surface area (Å²) in [4.78, 5) is 16.3. The molecular weight excluding hydrogens is 244 g/mol. The summed E-state index contributed by atoms with van der Waals surface area (Å²) in [5.74, 6) is 0.0252. The summed E-state index contributed by atoms with van der Waals surface area (Å²) < 4.78 is 1.63. The first kappa shape index (κ1) is 12.1. The van der Waals surface area contributed by atoms with Gasteiger partial charge in [-0.25, -0.2) is 4.52 Å². The molecule has 2 atom stereocenters. The van der Waals surface area contributed by atoms with E-state index in [0.717, 1.165) is 19.3 Å². The number of carbonyl (C=O) groups is 1. The van der Waals surface area contributed by atoms with Crippen LogP contribution in [0.3, 0.4) is 0 Å². The first-order valence-electron chi connectivity index (χ1n) is 6.48. The largest absolute Gasteiger partial charge is 0.396 e. The summed E-state index contributed by atoms with van der Waals surface area (Å²) in [6.07, 6.45) is 9.45. The number of fused-ring (bicyclic) bond motifs is 1. The number of amides is 1. The minimum absolute atomic E-state index is 0.0594. The normalized spacial score (nSPS) is 22.8. The van der Waals surface area contributed by atoms with Gasteiger partial charge in [-0.15, -0.1) is 0 Å². The average molecular weight is 260 g/mol. The SMILES string of the molecule is O=C(NC1CCCC1CO)c1cnn2ccncc12. The Hall–Kier alpha value is -1.95. The van der Waals surface area contributed by atoms with Crippen LogP contribution in [0.1, 0.15) is 29.6 Å².